The van der Waals surface area contributed by atoms with E-state index in [4.69, 9.17) is 9.72 Å². The third-order valence-electron chi connectivity index (χ3n) is 5.90. The second kappa shape index (κ2) is 13.6. The molecule has 3 nitrogen and oxygen atoms in total. The average Bonchev–Trinajstić information content (AvgIpc) is 3.35. The Morgan fingerprint density at radius 3 is 2.10 bits per heavy atom. The Labute approximate surface area is 192 Å². The lowest BCUT2D eigenvalue weighted by atomic mass is 10.1. The molecule has 0 aliphatic carbocycles. The molecule has 3 aromatic rings. The molecule has 2 aromatic heterocycles. The third kappa shape index (κ3) is 7.99. The van der Waals surface area contributed by atoms with Gasteiger partial charge in [-0.25, -0.2) is 4.98 Å². The molecule has 3 rings (SSSR count). The Balaban J connectivity index is 1.42. The SMILES string of the molecule is CCCCCCCCOc1ccc(-c2cn3cc(CCCCCCCC)nc3s2)cc1. The number of fused-ring (bicyclic) bond motifs is 1. The molecule has 2 heterocycles. The molecule has 31 heavy (non-hydrogen) atoms. The molecular weight excluding hydrogens is 400 g/mol. The van der Waals surface area contributed by atoms with Crippen LogP contribution in [0.2, 0.25) is 0 Å². The molecule has 0 unspecified atom stereocenters. The molecule has 0 N–H and O–H groups in total. The maximum Gasteiger partial charge on any atom is 0.194 e. The Hall–Kier alpha value is -1.81. The Kier molecular flexibility index (Phi) is 10.4. The van der Waals surface area contributed by atoms with Gasteiger partial charge in [0, 0.05) is 12.4 Å². The number of nitrogens with zero attached hydrogens (tertiary/aromatic N) is 2. The number of aryl methyl sites for hydroxylation is 1. The van der Waals surface area contributed by atoms with Crippen LogP contribution in [0.25, 0.3) is 15.4 Å². The van der Waals surface area contributed by atoms with Gasteiger partial charge in [0.2, 0.25) is 0 Å². The summed E-state index contributed by atoms with van der Waals surface area (Å²) in [6, 6.07) is 8.52. The van der Waals surface area contributed by atoms with Crippen LogP contribution in [0.4, 0.5) is 0 Å². The molecule has 0 bridgehead atoms. The van der Waals surface area contributed by atoms with Gasteiger partial charge in [0.1, 0.15) is 5.75 Å². The highest BCUT2D eigenvalue weighted by Crippen LogP contribution is 2.30. The fourth-order valence-electron chi connectivity index (χ4n) is 3.97. The zero-order valence-electron chi connectivity index (χ0n) is 19.6. The van der Waals surface area contributed by atoms with Gasteiger partial charge in [-0.2, -0.15) is 0 Å². The van der Waals surface area contributed by atoms with Crippen LogP contribution in [0.5, 0.6) is 5.75 Å². The predicted octanol–water partition coefficient (Wildman–Crippen LogP) is 8.71. The molecule has 0 atom stereocenters. The quantitative estimate of drug-likeness (QED) is 0.208. The number of aromatic nitrogens is 2. The summed E-state index contributed by atoms with van der Waals surface area (Å²) in [7, 11) is 0. The van der Waals surface area contributed by atoms with Crippen LogP contribution in [-0.2, 0) is 6.42 Å². The topological polar surface area (TPSA) is 26.5 Å². The minimum absolute atomic E-state index is 0.819. The molecule has 0 saturated carbocycles. The molecular formula is C27H40N2OS. The molecule has 0 radical (unpaired) electrons. The van der Waals surface area contributed by atoms with Crippen molar-refractivity contribution in [3.63, 3.8) is 0 Å². The summed E-state index contributed by atoms with van der Waals surface area (Å²) >= 11 is 1.77. The van der Waals surface area contributed by atoms with E-state index in [0.29, 0.717) is 0 Å². The van der Waals surface area contributed by atoms with Crippen LogP contribution >= 0.6 is 11.3 Å². The summed E-state index contributed by atoms with van der Waals surface area (Å²) in [5.74, 6) is 0.972. The summed E-state index contributed by atoms with van der Waals surface area (Å²) in [6.45, 7) is 5.35. The van der Waals surface area contributed by atoms with Crippen molar-refractivity contribution in [3.8, 4) is 16.2 Å². The molecule has 0 spiro atoms. The van der Waals surface area contributed by atoms with Crippen molar-refractivity contribution >= 4 is 16.3 Å². The lowest BCUT2D eigenvalue weighted by molar-refractivity contribution is 0.304. The summed E-state index contributed by atoms with van der Waals surface area (Å²) in [5.41, 5.74) is 2.46. The van der Waals surface area contributed by atoms with Crippen LogP contribution in [0.3, 0.4) is 0 Å². The largest absolute Gasteiger partial charge is 0.494 e. The van der Waals surface area contributed by atoms with Crippen molar-refractivity contribution in [2.75, 3.05) is 6.61 Å². The lowest BCUT2D eigenvalue weighted by Gasteiger charge is -2.06. The Bertz CT molecular complexity index is 834. The molecule has 0 amide bonds. The van der Waals surface area contributed by atoms with Crippen molar-refractivity contribution in [1.82, 2.24) is 9.38 Å². The van der Waals surface area contributed by atoms with E-state index in [1.54, 1.807) is 11.3 Å². The monoisotopic (exact) mass is 440 g/mol. The second-order valence-electron chi connectivity index (χ2n) is 8.68. The smallest absolute Gasteiger partial charge is 0.194 e. The summed E-state index contributed by atoms with van der Waals surface area (Å²) < 4.78 is 8.11. The van der Waals surface area contributed by atoms with Crippen molar-refractivity contribution in [2.45, 2.75) is 97.3 Å². The minimum Gasteiger partial charge on any atom is -0.494 e. The average molecular weight is 441 g/mol. The molecule has 0 fully saturated rings. The zero-order chi connectivity index (χ0) is 21.7. The highest BCUT2D eigenvalue weighted by atomic mass is 32.1. The first-order valence-corrected chi connectivity index (χ1v) is 13.3. The van der Waals surface area contributed by atoms with Crippen molar-refractivity contribution in [1.29, 1.82) is 0 Å². The van der Waals surface area contributed by atoms with Crippen molar-refractivity contribution in [2.24, 2.45) is 0 Å². The van der Waals surface area contributed by atoms with Crippen molar-refractivity contribution in [3.05, 3.63) is 42.4 Å². The lowest BCUT2D eigenvalue weighted by Crippen LogP contribution is -1.97. The summed E-state index contributed by atoms with van der Waals surface area (Å²) in [4.78, 5) is 7.20. The highest BCUT2D eigenvalue weighted by Gasteiger charge is 2.08. The van der Waals surface area contributed by atoms with Gasteiger partial charge in [0.15, 0.2) is 4.96 Å². The van der Waals surface area contributed by atoms with Gasteiger partial charge in [-0.3, -0.25) is 4.40 Å². The number of rotatable bonds is 16. The van der Waals surface area contributed by atoms with Gasteiger partial charge in [-0.15, -0.1) is 0 Å². The van der Waals surface area contributed by atoms with Crippen LogP contribution in [0.1, 0.15) is 96.6 Å². The standard InChI is InChI=1S/C27H40N2OS/c1-3-5-7-9-11-13-15-24-21-29-22-26(31-27(29)28-24)23-16-18-25(19-17-23)30-20-14-12-10-8-6-4-2/h16-19,21-22H,3-15,20H2,1-2H3. The van der Waals surface area contributed by atoms with Gasteiger partial charge in [-0.1, -0.05) is 89.4 Å². The fraction of sp³-hybridized carbons (Fsp3) is 0.593. The third-order valence-corrected chi connectivity index (χ3v) is 6.94. The van der Waals surface area contributed by atoms with E-state index >= 15 is 0 Å². The van der Waals surface area contributed by atoms with E-state index < -0.39 is 0 Å². The first kappa shape index (κ1) is 23.8. The Morgan fingerprint density at radius 2 is 1.42 bits per heavy atom. The molecule has 170 valence electrons. The Morgan fingerprint density at radius 1 is 0.774 bits per heavy atom. The molecule has 0 aliphatic heterocycles. The number of unbranched alkanes of at least 4 members (excludes halogenated alkanes) is 10. The maximum absolute atomic E-state index is 5.92. The van der Waals surface area contributed by atoms with E-state index in [1.165, 1.54) is 86.8 Å². The highest BCUT2D eigenvalue weighted by molar-refractivity contribution is 7.20. The van der Waals surface area contributed by atoms with Gasteiger partial charge in [0.05, 0.1) is 17.2 Å². The predicted molar refractivity (Wildman–Crippen MR) is 134 cm³/mol. The number of ether oxygens (including phenoxy) is 1. The maximum atomic E-state index is 5.92. The number of hydrogen-bond acceptors (Lipinski definition) is 3. The first-order valence-electron chi connectivity index (χ1n) is 12.5. The summed E-state index contributed by atoms with van der Waals surface area (Å²) in [6.07, 6.45) is 21.3. The molecule has 0 aliphatic rings. The minimum atomic E-state index is 0.819. The van der Waals surface area contributed by atoms with Crippen molar-refractivity contribution < 1.29 is 4.74 Å². The molecule has 0 saturated heterocycles. The van der Waals surface area contributed by atoms with E-state index in [1.807, 2.05) is 0 Å². The van der Waals surface area contributed by atoms with E-state index in [0.717, 1.165) is 30.2 Å². The van der Waals surface area contributed by atoms with Gasteiger partial charge < -0.3 is 4.74 Å². The van der Waals surface area contributed by atoms with Gasteiger partial charge in [-0.05, 0) is 49.1 Å². The molecule has 1 aromatic carbocycles. The van der Waals surface area contributed by atoms with Crippen LogP contribution in [0.15, 0.2) is 36.7 Å². The number of benzene rings is 1. The van der Waals surface area contributed by atoms with Crippen LogP contribution in [-0.4, -0.2) is 16.0 Å². The number of thiazole rings is 1. The summed E-state index contributed by atoms with van der Waals surface area (Å²) in [5, 5.41) is 0. The molecule has 4 heteroatoms. The van der Waals surface area contributed by atoms with E-state index in [2.05, 4.69) is 54.9 Å². The fourth-order valence-corrected chi connectivity index (χ4v) is 4.96. The first-order chi connectivity index (χ1) is 15.3. The van der Waals surface area contributed by atoms with Crippen LogP contribution in [0, 0.1) is 0 Å². The van der Waals surface area contributed by atoms with E-state index in [9.17, 15) is 0 Å². The van der Waals surface area contributed by atoms with Gasteiger partial charge in [0.25, 0.3) is 0 Å². The number of imidazole rings is 1. The zero-order valence-corrected chi connectivity index (χ0v) is 20.4. The van der Waals surface area contributed by atoms with Gasteiger partial charge >= 0.3 is 0 Å². The van der Waals surface area contributed by atoms with E-state index in [-0.39, 0.29) is 0 Å². The normalized spacial score (nSPS) is 11.4. The second-order valence-corrected chi connectivity index (χ2v) is 9.68. The van der Waals surface area contributed by atoms with Crippen LogP contribution < -0.4 is 4.74 Å². The number of hydrogen-bond donors (Lipinski definition) is 0.